The van der Waals surface area contributed by atoms with Crippen LogP contribution in [-0.2, 0) is 37.7 Å². The second kappa shape index (κ2) is 37.2. The average molecular weight is 958 g/mol. The lowest BCUT2D eigenvalue weighted by molar-refractivity contribution is -0.257. The van der Waals surface area contributed by atoms with Gasteiger partial charge in [0.2, 0.25) is 0 Å². The number of amides is 1. The predicted octanol–water partition coefficient (Wildman–Crippen LogP) is 10.4. The van der Waals surface area contributed by atoms with Crippen molar-refractivity contribution in [3.8, 4) is 0 Å². The molecule has 14 nitrogen and oxygen atoms in total. The molecule has 0 aromatic rings. The summed E-state index contributed by atoms with van der Waals surface area (Å²) in [4.78, 5) is 59.3. The van der Waals surface area contributed by atoms with Gasteiger partial charge >= 0.3 is 25.7 Å². The molecule has 0 radical (unpaired) electrons. The molecule has 1 amide bonds. The second-order valence-corrected chi connectivity index (χ2v) is 19.4. The highest BCUT2D eigenvalue weighted by molar-refractivity contribution is 7.46. The highest BCUT2D eigenvalue weighted by atomic mass is 31.2. The molecule has 1 heterocycles. The molecule has 0 saturated carbocycles. The number of halogens is 2. The van der Waals surface area contributed by atoms with E-state index in [9.17, 15) is 44.1 Å². The lowest BCUT2D eigenvalue weighted by Crippen LogP contribution is -2.67. The van der Waals surface area contributed by atoms with Gasteiger partial charge in [0.05, 0.1) is 13.0 Å². The zero-order valence-electron chi connectivity index (χ0n) is 40.3. The van der Waals surface area contributed by atoms with Crippen molar-refractivity contribution >= 4 is 25.7 Å². The van der Waals surface area contributed by atoms with Gasteiger partial charge in [0.25, 0.3) is 5.91 Å². The molecule has 0 aromatic carbocycles. The van der Waals surface area contributed by atoms with Gasteiger partial charge < -0.3 is 44.6 Å². The molecule has 384 valence electrons. The van der Waals surface area contributed by atoms with Crippen LogP contribution in [0.25, 0.3) is 0 Å². The number of hydrogen-bond acceptors (Lipinski definition) is 11. The highest BCUT2D eigenvalue weighted by Gasteiger charge is 2.54. The predicted molar refractivity (Wildman–Crippen MR) is 247 cm³/mol. The van der Waals surface area contributed by atoms with Gasteiger partial charge in [-0.3, -0.25) is 18.9 Å². The first-order valence-electron chi connectivity index (χ1n) is 25.5. The van der Waals surface area contributed by atoms with Crippen LogP contribution < -0.4 is 5.32 Å². The molecule has 1 rings (SSSR count). The maximum Gasteiger partial charge on any atom is 0.470 e. The normalized spacial score (nSPS) is 20.1. The first-order chi connectivity index (χ1) is 31.1. The fourth-order valence-electron chi connectivity index (χ4n) is 8.32. The summed E-state index contributed by atoms with van der Waals surface area (Å²) in [5.41, 5.74) is 0. The molecule has 1 fully saturated rings. The van der Waals surface area contributed by atoms with Crippen molar-refractivity contribution in [3.05, 3.63) is 0 Å². The topological polar surface area (TPSA) is 218 Å². The maximum atomic E-state index is 15.4. The van der Waals surface area contributed by atoms with E-state index >= 15 is 8.78 Å². The summed E-state index contributed by atoms with van der Waals surface area (Å²) in [6, 6.07) is -2.10. The summed E-state index contributed by atoms with van der Waals surface area (Å²) in [5, 5.41) is 33.2. The molecule has 3 unspecified atom stereocenters. The third-order valence-corrected chi connectivity index (χ3v) is 12.8. The van der Waals surface area contributed by atoms with Crippen LogP contribution in [0.5, 0.6) is 0 Å². The monoisotopic (exact) mass is 958 g/mol. The van der Waals surface area contributed by atoms with Gasteiger partial charge in [0, 0.05) is 6.42 Å². The molecule has 1 saturated heterocycles. The smallest absolute Gasteiger partial charge is 0.462 e. The molecular weight excluding hydrogens is 867 g/mol. The molecule has 1 aliphatic heterocycles. The molecule has 0 spiro atoms. The first-order valence-corrected chi connectivity index (χ1v) is 27.1. The van der Waals surface area contributed by atoms with Crippen LogP contribution in [0.4, 0.5) is 8.78 Å². The van der Waals surface area contributed by atoms with Crippen LogP contribution >= 0.6 is 7.82 Å². The van der Waals surface area contributed by atoms with E-state index in [0.717, 1.165) is 109 Å². The van der Waals surface area contributed by atoms with Gasteiger partial charge in [0.1, 0.15) is 30.5 Å². The first kappa shape index (κ1) is 61.2. The Morgan fingerprint density at radius 2 is 1.06 bits per heavy atom. The minimum absolute atomic E-state index is 0.135. The number of alkyl halides is 2. The van der Waals surface area contributed by atoms with Crippen LogP contribution in [0.1, 0.15) is 233 Å². The van der Waals surface area contributed by atoms with Gasteiger partial charge in [0.15, 0.2) is 12.4 Å². The van der Waals surface area contributed by atoms with Gasteiger partial charge in [-0.25, -0.2) is 4.57 Å². The van der Waals surface area contributed by atoms with Crippen molar-refractivity contribution in [3.63, 3.8) is 0 Å². The van der Waals surface area contributed by atoms with Crippen molar-refractivity contribution in [2.45, 2.75) is 281 Å². The largest absolute Gasteiger partial charge is 0.470 e. The van der Waals surface area contributed by atoms with Gasteiger partial charge in [-0.15, -0.1) is 0 Å². The number of rotatable bonds is 42. The molecule has 1 aliphatic rings. The lowest BCUT2D eigenvalue weighted by Gasteiger charge is -2.44. The highest BCUT2D eigenvalue weighted by Crippen LogP contribution is 2.42. The molecular formula is C48H90F2NO13P. The van der Waals surface area contributed by atoms with Crippen LogP contribution in [0, 0.1) is 0 Å². The Kier molecular flexibility index (Phi) is 35.0. The van der Waals surface area contributed by atoms with Crippen LogP contribution in [0.15, 0.2) is 0 Å². The summed E-state index contributed by atoms with van der Waals surface area (Å²) >= 11 is 0. The zero-order chi connectivity index (χ0) is 48.4. The quantitative estimate of drug-likeness (QED) is 0.0191. The van der Waals surface area contributed by atoms with Crippen molar-refractivity contribution in [1.29, 1.82) is 0 Å². The Morgan fingerprint density at radius 3 is 1.49 bits per heavy atom. The van der Waals surface area contributed by atoms with E-state index in [1.165, 1.54) is 51.4 Å². The Hall–Kier alpha value is -1.78. The number of ether oxygens (including phenoxy) is 3. The lowest BCUT2D eigenvalue weighted by atomic mass is 9.95. The fourth-order valence-corrected chi connectivity index (χ4v) is 8.90. The number of esters is 2. The number of phosphoric acid groups is 1. The van der Waals surface area contributed by atoms with Crippen molar-refractivity contribution in [2.75, 3.05) is 6.61 Å². The maximum absolute atomic E-state index is 15.4. The van der Waals surface area contributed by atoms with E-state index in [-0.39, 0.29) is 19.3 Å². The molecule has 0 bridgehead atoms. The Bertz CT molecular complexity index is 1280. The minimum atomic E-state index is -5.46. The standard InChI is InChI=1S/C48H90F2NO13P/c1-4-7-10-13-16-19-20-23-26-29-32-35-41(54)61-38(33-30-27-24-21-17-14-11-8-5-2)36-42(55)63-45-43(46(56)62-39(37-52)44(45)64-65(58,59)60)51-47(57)48(49,50)40(53)34-31-28-25-22-18-15-12-9-6-3/h38-40,43-46,52-53,56H,4-37H2,1-3H3,(H,51,57)(H2,58,59,60)/t38?,39-,40?,43-,44-,45-,46?/m1/s1. The molecule has 0 aromatic heterocycles. The van der Waals surface area contributed by atoms with E-state index < -0.39 is 93.9 Å². The van der Waals surface area contributed by atoms with E-state index in [4.69, 9.17) is 18.7 Å². The van der Waals surface area contributed by atoms with Crippen molar-refractivity contribution in [1.82, 2.24) is 5.32 Å². The van der Waals surface area contributed by atoms with E-state index in [2.05, 4.69) is 20.8 Å². The van der Waals surface area contributed by atoms with Crippen LogP contribution in [0.3, 0.4) is 0 Å². The molecule has 17 heteroatoms. The number of carbonyl (C=O) groups is 3. The minimum Gasteiger partial charge on any atom is -0.462 e. The Morgan fingerprint density at radius 1 is 0.646 bits per heavy atom. The number of phosphoric ester groups is 1. The van der Waals surface area contributed by atoms with E-state index in [1.54, 1.807) is 0 Å². The number of hydrogen-bond donors (Lipinski definition) is 6. The van der Waals surface area contributed by atoms with Crippen LogP contribution in [-0.4, -0.2) is 98.3 Å². The summed E-state index contributed by atoms with van der Waals surface area (Å²) in [6.07, 6.45) is 17.3. The number of carbonyl (C=O) groups excluding carboxylic acids is 3. The fraction of sp³-hybridized carbons (Fsp3) is 0.938. The van der Waals surface area contributed by atoms with E-state index in [0.29, 0.717) is 19.3 Å². The van der Waals surface area contributed by atoms with E-state index in [1.807, 2.05) is 5.32 Å². The summed E-state index contributed by atoms with van der Waals surface area (Å²) in [7, 11) is -5.46. The number of nitrogens with one attached hydrogen (secondary N) is 1. The van der Waals surface area contributed by atoms with Gasteiger partial charge in [-0.05, 0) is 25.7 Å². The third kappa shape index (κ3) is 29.0. The van der Waals surface area contributed by atoms with Crippen molar-refractivity contribution in [2.24, 2.45) is 0 Å². The molecule has 0 aliphatic carbocycles. The Labute approximate surface area is 389 Å². The average Bonchev–Trinajstić information content (AvgIpc) is 3.25. The Balaban J connectivity index is 3.05. The van der Waals surface area contributed by atoms with Crippen molar-refractivity contribution < 1.29 is 71.6 Å². The molecule has 6 N–H and O–H groups in total. The number of unbranched alkanes of at least 4 members (excludes halogenated alkanes) is 26. The third-order valence-electron chi connectivity index (χ3n) is 12.3. The SMILES string of the molecule is CCCCCCCCCCCCCC(=O)OC(CCCCCCCCCCC)CC(=O)O[C@H]1[C@H](OP(=O)(O)O)[C@@H](CO)OC(O)[C@@H]1NC(=O)C(F)(F)C(O)CCCCCCCCCCC. The van der Waals surface area contributed by atoms with Crippen LogP contribution in [0.2, 0.25) is 0 Å². The summed E-state index contributed by atoms with van der Waals surface area (Å²) in [5.74, 6) is -8.08. The number of aliphatic hydroxyl groups excluding tert-OH is 3. The second-order valence-electron chi connectivity index (χ2n) is 18.2. The van der Waals surface area contributed by atoms with Gasteiger partial charge in [-0.2, -0.15) is 8.78 Å². The summed E-state index contributed by atoms with van der Waals surface area (Å²) in [6.45, 7) is 5.46. The zero-order valence-corrected chi connectivity index (χ0v) is 41.2. The number of aliphatic hydroxyl groups is 3. The molecule has 7 atom stereocenters. The molecule has 65 heavy (non-hydrogen) atoms. The summed E-state index contributed by atoms with van der Waals surface area (Å²) < 4.78 is 64.3. The van der Waals surface area contributed by atoms with Gasteiger partial charge in [-0.1, -0.05) is 194 Å².